The van der Waals surface area contributed by atoms with Crippen molar-refractivity contribution in [3.8, 4) is 0 Å². The van der Waals surface area contributed by atoms with Gasteiger partial charge in [-0.25, -0.2) is 0 Å². The lowest BCUT2D eigenvalue weighted by Crippen LogP contribution is -2.00. The standard InChI is InChI=1S/C13H19I/c1-5-11-12(9(2)3)7-6-8-13(11)10(4)14/h6-10H,5H2,1-4H3. The molecule has 1 aromatic rings. The highest BCUT2D eigenvalue weighted by Gasteiger charge is 2.11. The Balaban J connectivity index is 3.25. The first kappa shape index (κ1) is 12.0. The molecule has 1 rings (SSSR count). The number of halogens is 1. The molecule has 0 radical (unpaired) electrons. The van der Waals surface area contributed by atoms with Crippen LogP contribution in [0.15, 0.2) is 18.2 Å². The van der Waals surface area contributed by atoms with Gasteiger partial charge in [-0.3, -0.25) is 0 Å². The molecule has 0 fully saturated rings. The molecule has 0 spiro atoms. The predicted octanol–water partition coefficient (Wildman–Crippen LogP) is 4.87. The predicted molar refractivity (Wildman–Crippen MR) is 72.3 cm³/mol. The Bertz CT molecular complexity index is 274. The summed E-state index contributed by atoms with van der Waals surface area (Å²) in [6, 6.07) is 6.73. The molecule has 0 aliphatic carbocycles. The lowest BCUT2D eigenvalue weighted by Gasteiger charge is -2.17. The molecule has 78 valence electrons. The van der Waals surface area contributed by atoms with E-state index in [-0.39, 0.29) is 0 Å². The number of hydrogen-bond acceptors (Lipinski definition) is 0. The van der Waals surface area contributed by atoms with Crippen LogP contribution in [0.25, 0.3) is 0 Å². The minimum atomic E-state index is 0.612. The topological polar surface area (TPSA) is 0 Å². The van der Waals surface area contributed by atoms with Gasteiger partial charge in [0.15, 0.2) is 0 Å². The Hall–Kier alpha value is -0.0500. The second kappa shape index (κ2) is 5.15. The van der Waals surface area contributed by atoms with Crippen molar-refractivity contribution in [2.45, 2.75) is 44.0 Å². The summed E-state index contributed by atoms with van der Waals surface area (Å²) in [5.41, 5.74) is 4.59. The molecule has 1 atom stereocenters. The molecule has 0 nitrogen and oxygen atoms in total. The summed E-state index contributed by atoms with van der Waals surface area (Å²) in [7, 11) is 0. The van der Waals surface area contributed by atoms with Gasteiger partial charge >= 0.3 is 0 Å². The first-order valence-electron chi connectivity index (χ1n) is 5.33. The first-order chi connectivity index (χ1) is 6.57. The van der Waals surface area contributed by atoms with E-state index in [1.54, 1.807) is 5.56 Å². The highest BCUT2D eigenvalue weighted by molar-refractivity contribution is 14.1. The van der Waals surface area contributed by atoms with E-state index in [2.05, 4.69) is 68.5 Å². The van der Waals surface area contributed by atoms with Gasteiger partial charge in [0, 0.05) is 3.92 Å². The zero-order chi connectivity index (χ0) is 10.7. The zero-order valence-corrected chi connectivity index (χ0v) is 11.6. The van der Waals surface area contributed by atoms with Gasteiger partial charge < -0.3 is 0 Å². The third-order valence-electron chi connectivity index (χ3n) is 2.65. The number of rotatable bonds is 3. The molecule has 0 amide bonds. The van der Waals surface area contributed by atoms with Crippen molar-refractivity contribution >= 4 is 22.6 Å². The minimum Gasteiger partial charge on any atom is -0.0777 e. The monoisotopic (exact) mass is 302 g/mol. The fourth-order valence-electron chi connectivity index (χ4n) is 1.95. The maximum atomic E-state index is 2.50. The van der Waals surface area contributed by atoms with Crippen LogP contribution in [0.5, 0.6) is 0 Å². The Kier molecular flexibility index (Phi) is 4.42. The van der Waals surface area contributed by atoms with Gasteiger partial charge in [-0.1, -0.05) is 61.6 Å². The summed E-state index contributed by atoms with van der Waals surface area (Å²) in [6.45, 7) is 9.06. The Morgan fingerprint density at radius 2 is 1.71 bits per heavy atom. The molecule has 1 heteroatoms. The molecule has 14 heavy (non-hydrogen) atoms. The fourth-order valence-corrected chi connectivity index (χ4v) is 2.53. The van der Waals surface area contributed by atoms with Crippen molar-refractivity contribution < 1.29 is 0 Å². The molecule has 0 heterocycles. The van der Waals surface area contributed by atoms with Gasteiger partial charge in [0.05, 0.1) is 0 Å². The first-order valence-corrected chi connectivity index (χ1v) is 6.58. The van der Waals surface area contributed by atoms with Gasteiger partial charge in [0.2, 0.25) is 0 Å². The Morgan fingerprint density at radius 1 is 1.14 bits per heavy atom. The van der Waals surface area contributed by atoms with E-state index < -0.39 is 0 Å². The van der Waals surface area contributed by atoms with E-state index in [0.29, 0.717) is 9.84 Å². The minimum absolute atomic E-state index is 0.612. The van der Waals surface area contributed by atoms with Gasteiger partial charge in [0.1, 0.15) is 0 Å². The smallest absolute Gasteiger partial charge is 0.0334 e. The van der Waals surface area contributed by atoms with E-state index in [4.69, 9.17) is 0 Å². The second-order valence-electron chi connectivity index (χ2n) is 4.04. The van der Waals surface area contributed by atoms with Crippen molar-refractivity contribution in [3.63, 3.8) is 0 Å². The van der Waals surface area contributed by atoms with E-state index >= 15 is 0 Å². The van der Waals surface area contributed by atoms with E-state index in [1.165, 1.54) is 11.1 Å². The average Bonchev–Trinajstić information content (AvgIpc) is 2.16. The van der Waals surface area contributed by atoms with Crippen LogP contribution in [0.4, 0.5) is 0 Å². The summed E-state index contributed by atoms with van der Waals surface area (Å²) < 4.78 is 0.612. The third kappa shape index (κ3) is 2.50. The molecule has 0 aliphatic rings. The lowest BCUT2D eigenvalue weighted by molar-refractivity contribution is 0.835. The number of alkyl halides is 1. The maximum Gasteiger partial charge on any atom is 0.0334 e. The van der Waals surface area contributed by atoms with Crippen molar-refractivity contribution in [2.24, 2.45) is 0 Å². The molecule has 0 N–H and O–H groups in total. The van der Waals surface area contributed by atoms with Gasteiger partial charge in [0.25, 0.3) is 0 Å². The zero-order valence-electron chi connectivity index (χ0n) is 9.47. The molecule has 1 aromatic carbocycles. The van der Waals surface area contributed by atoms with Crippen LogP contribution in [0.1, 0.15) is 54.2 Å². The van der Waals surface area contributed by atoms with Crippen molar-refractivity contribution in [1.82, 2.24) is 0 Å². The summed E-state index contributed by atoms with van der Waals surface area (Å²) in [6.07, 6.45) is 1.15. The SMILES string of the molecule is CCc1c(C(C)C)cccc1C(C)I. The summed E-state index contributed by atoms with van der Waals surface area (Å²) >= 11 is 2.50. The van der Waals surface area contributed by atoms with Crippen LogP contribution in [-0.4, -0.2) is 0 Å². The van der Waals surface area contributed by atoms with Crippen molar-refractivity contribution in [1.29, 1.82) is 0 Å². The van der Waals surface area contributed by atoms with E-state index in [1.807, 2.05) is 0 Å². The molecule has 0 aromatic heterocycles. The molecular weight excluding hydrogens is 283 g/mol. The highest BCUT2D eigenvalue weighted by Crippen LogP contribution is 2.31. The number of hydrogen-bond donors (Lipinski definition) is 0. The third-order valence-corrected chi connectivity index (χ3v) is 3.32. The van der Waals surface area contributed by atoms with E-state index in [9.17, 15) is 0 Å². The quantitative estimate of drug-likeness (QED) is 0.552. The summed E-state index contributed by atoms with van der Waals surface area (Å²) in [5, 5.41) is 0. The molecular formula is C13H19I. The van der Waals surface area contributed by atoms with Crippen LogP contribution in [-0.2, 0) is 6.42 Å². The van der Waals surface area contributed by atoms with Crippen molar-refractivity contribution in [2.75, 3.05) is 0 Å². The summed E-state index contributed by atoms with van der Waals surface area (Å²) in [4.78, 5) is 0. The number of benzene rings is 1. The van der Waals surface area contributed by atoms with Crippen LogP contribution in [0.3, 0.4) is 0 Å². The van der Waals surface area contributed by atoms with Crippen molar-refractivity contribution in [3.05, 3.63) is 34.9 Å². The molecule has 0 aliphatic heterocycles. The largest absolute Gasteiger partial charge is 0.0777 e. The Morgan fingerprint density at radius 3 is 2.14 bits per heavy atom. The van der Waals surface area contributed by atoms with Gasteiger partial charge in [-0.15, -0.1) is 0 Å². The molecule has 0 bridgehead atoms. The molecule has 1 unspecified atom stereocenters. The van der Waals surface area contributed by atoms with Gasteiger partial charge in [-0.2, -0.15) is 0 Å². The molecule has 0 saturated heterocycles. The highest BCUT2D eigenvalue weighted by atomic mass is 127. The van der Waals surface area contributed by atoms with Crippen LogP contribution in [0, 0.1) is 0 Å². The lowest BCUT2D eigenvalue weighted by atomic mass is 9.91. The van der Waals surface area contributed by atoms with Gasteiger partial charge in [-0.05, 0) is 36.0 Å². The average molecular weight is 302 g/mol. The molecule has 0 saturated carbocycles. The Labute approximate surface area is 101 Å². The van der Waals surface area contributed by atoms with Crippen LogP contribution in [0.2, 0.25) is 0 Å². The van der Waals surface area contributed by atoms with E-state index in [0.717, 1.165) is 6.42 Å². The maximum absolute atomic E-state index is 2.50. The second-order valence-corrected chi connectivity index (χ2v) is 5.91. The summed E-state index contributed by atoms with van der Waals surface area (Å²) in [5.74, 6) is 0.639. The van der Waals surface area contributed by atoms with Crippen LogP contribution >= 0.6 is 22.6 Å². The normalized spacial score (nSPS) is 13.3. The fraction of sp³-hybridized carbons (Fsp3) is 0.538. The van der Waals surface area contributed by atoms with Crippen LogP contribution < -0.4 is 0 Å².